The molecule has 0 aliphatic heterocycles. The Labute approximate surface area is 117 Å². The summed E-state index contributed by atoms with van der Waals surface area (Å²) in [5.74, 6) is 0.0846. The van der Waals surface area contributed by atoms with Crippen LogP contribution in [0.5, 0.6) is 0 Å². The maximum Gasteiger partial charge on any atom is 0.433 e. The highest BCUT2D eigenvalue weighted by Gasteiger charge is 2.16. The minimum atomic E-state index is -0.572. The lowest BCUT2D eigenvalue weighted by Crippen LogP contribution is -1.98. The number of aromatic nitrogens is 3. The van der Waals surface area contributed by atoms with Gasteiger partial charge in [-0.15, -0.1) is 11.3 Å². The normalized spacial score (nSPS) is 10.9. The molecule has 0 bridgehead atoms. The zero-order valence-corrected chi connectivity index (χ0v) is 11.5. The summed E-state index contributed by atoms with van der Waals surface area (Å²) in [7, 11) is 0. The fraction of sp³-hybridized carbons (Fsp3) is 0.167. The topological polar surface area (TPSA) is 87.0 Å². The lowest BCUT2D eigenvalue weighted by atomic mass is 10.4. The van der Waals surface area contributed by atoms with Gasteiger partial charge < -0.3 is 4.42 Å². The van der Waals surface area contributed by atoms with E-state index in [-0.39, 0.29) is 5.88 Å². The van der Waals surface area contributed by atoms with Crippen molar-refractivity contribution in [3.63, 3.8) is 0 Å². The van der Waals surface area contributed by atoms with Crippen LogP contribution in [0, 0.1) is 24.0 Å². The van der Waals surface area contributed by atoms with Crippen molar-refractivity contribution < 1.29 is 9.34 Å². The van der Waals surface area contributed by atoms with Gasteiger partial charge in [0.15, 0.2) is 5.76 Å². The third-order valence-corrected chi connectivity index (χ3v) is 3.52. The Hall–Kier alpha value is -2.48. The molecule has 8 heteroatoms. The summed E-state index contributed by atoms with van der Waals surface area (Å²) in [5.41, 5.74) is 2.45. The molecule has 20 heavy (non-hydrogen) atoms. The number of nitro groups is 1. The second-order valence-corrected chi connectivity index (χ2v) is 5.09. The third kappa shape index (κ3) is 2.10. The maximum absolute atomic E-state index is 10.6. The molecular formula is C12H10N4O3S. The SMILES string of the molecule is Cc1cc(C)n(-c2nc(-c3ccc([N+](=O)[O-])o3)cs2)n1. The predicted octanol–water partition coefficient (Wildman–Crippen LogP) is 3.11. The van der Waals surface area contributed by atoms with E-state index in [9.17, 15) is 10.1 Å². The number of hydrogen-bond acceptors (Lipinski definition) is 6. The van der Waals surface area contributed by atoms with Crippen LogP contribution >= 0.6 is 11.3 Å². The Balaban J connectivity index is 1.97. The van der Waals surface area contributed by atoms with Crippen molar-refractivity contribution >= 4 is 17.2 Å². The Morgan fingerprint density at radius 2 is 2.20 bits per heavy atom. The smallest absolute Gasteiger partial charge is 0.399 e. The van der Waals surface area contributed by atoms with E-state index in [1.807, 2.05) is 19.9 Å². The first kappa shape index (κ1) is 12.5. The van der Waals surface area contributed by atoms with Crippen LogP contribution in [0.2, 0.25) is 0 Å². The summed E-state index contributed by atoms with van der Waals surface area (Å²) in [6.07, 6.45) is 0. The fourth-order valence-electron chi connectivity index (χ4n) is 1.86. The molecule has 0 fully saturated rings. The maximum atomic E-state index is 10.6. The number of rotatable bonds is 3. The standard InChI is InChI=1S/C12H10N4O3S/c1-7-5-8(2)15(14-7)12-13-9(6-20-12)10-3-4-11(19-10)16(17)18/h3-6H,1-2H3. The quantitative estimate of drug-likeness (QED) is 0.546. The highest BCUT2D eigenvalue weighted by atomic mass is 32.1. The van der Waals surface area contributed by atoms with Gasteiger partial charge in [-0.25, -0.2) is 9.67 Å². The molecule has 0 unspecified atom stereocenters. The van der Waals surface area contributed by atoms with Gasteiger partial charge in [0, 0.05) is 11.1 Å². The molecule has 102 valence electrons. The minimum absolute atomic E-state index is 0.291. The summed E-state index contributed by atoms with van der Waals surface area (Å²) in [6.45, 7) is 3.85. The number of aryl methyl sites for hydroxylation is 2. The largest absolute Gasteiger partial charge is 0.433 e. The predicted molar refractivity (Wildman–Crippen MR) is 73.1 cm³/mol. The van der Waals surface area contributed by atoms with Crippen LogP contribution < -0.4 is 0 Å². The van der Waals surface area contributed by atoms with Gasteiger partial charge in [0.25, 0.3) is 0 Å². The van der Waals surface area contributed by atoms with Crippen molar-refractivity contribution in [3.8, 4) is 16.6 Å². The van der Waals surface area contributed by atoms with Crippen LogP contribution in [0.15, 0.2) is 28.0 Å². The minimum Gasteiger partial charge on any atom is -0.399 e. The van der Waals surface area contributed by atoms with Crippen LogP contribution in [0.4, 0.5) is 5.88 Å². The average Bonchev–Trinajstić information content (AvgIpc) is 3.07. The van der Waals surface area contributed by atoms with Crippen molar-refractivity contribution in [3.05, 3.63) is 45.1 Å². The molecule has 0 N–H and O–H groups in total. The Kier molecular flexibility index (Phi) is 2.87. The average molecular weight is 290 g/mol. The Bertz CT molecular complexity index is 786. The molecule has 0 saturated carbocycles. The molecule has 0 radical (unpaired) electrons. The first-order valence-corrected chi connectivity index (χ1v) is 6.66. The van der Waals surface area contributed by atoms with E-state index in [2.05, 4.69) is 10.1 Å². The van der Waals surface area contributed by atoms with Gasteiger partial charge >= 0.3 is 5.88 Å². The van der Waals surface area contributed by atoms with Gasteiger partial charge in [-0.3, -0.25) is 10.1 Å². The molecule has 3 aromatic rings. The van der Waals surface area contributed by atoms with Gasteiger partial charge in [0.05, 0.1) is 11.8 Å². The van der Waals surface area contributed by atoms with Gasteiger partial charge in [0.2, 0.25) is 5.13 Å². The van der Waals surface area contributed by atoms with Crippen molar-refractivity contribution in [2.45, 2.75) is 13.8 Å². The number of thiazole rings is 1. The highest BCUT2D eigenvalue weighted by molar-refractivity contribution is 7.12. The van der Waals surface area contributed by atoms with Gasteiger partial charge in [0.1, 0.15) is 10.6 Å². The van der Waals surface area contributed by atoms with E-state index < -0.39 is 4.92 Å². The fourth-order valence-corrected chi connectivity index (χ4v) is 2.68. The first-order valence-electron chi connectivity index (χ1n) is 5.78. The molecule has 3 aromatic heterocycles. The summed E-state index contributed by atoms with van der Waals surface area (Å²) in [4.78, 5) is 14.4. The molecule has 7 nitrogen and oxygen atoms in total. The van der Waals surface area contributed by atoms with Crippen LogP contribution in [-0.2, 0) is 0 Å². The summed E-state index contributed by atoms with van der Waals surface area (Å²) >= 11 is 1.40. The van der Waals surface area contributed by atoms with Gasteiger partial charge in [-0.1, -0.05) is 0 Å². The van der Waals surface area contributed by atoms with Crippen LogP contribution in [0.25, 0.3) is 16.6 Å². The molecule has 0 aliphatic carbocycles. The molecule has 0 aromatic carbocycles. The Morgan fingerprint density at radius 3 is 2.80 bits per heavy atom. The lowest BCUT2D eigenvalue weighted by Gasteiger charge is -1.97. The monoisotopic (exact) mass is 290 g/mol. The zero-order chi connectivity index (χ0) is 14.3. The lowest BCUT2D eigenvalue weighted by molar-refractivity contribution is -0.401. The first-order chi connectivity index (χ1) is 9.54. The van der Waals surface area contributed by atoms with E-state index in [0.717, 1.165) is 11.4 Å². The van der Waals surface area contributed by atoms with E-state index in [1.165, 1.54) is 23.5 Å². The van der Waals surface area contributed by atoms with Crippen LogP contribution in [0.1, 0.15) is 11.4 Å². The number of nitrogens with zero attached hydrogens (tertiary/aromatic N) is 4. The molecule has 0 saturated heterocycles. The van der Waals surface area contributed by atoms with Gasteiger partial charge in [-0.05, 0) is 26.0 Å². The summed E-state index contributed by atoms with van der Waals surface area (Å²) < 4.78 is 6.87. The highest BCUT2D eigenvalue weighted by Crippen LogP contribution is 2.28. The second kappa shape index (κ2) is 4.57. The molecule has 0 aliphatic rings. The Morgan fingerprint density at radius 1 is 1.40 bits per heavy atom. The van der Waals surface area contributed by atoms with Crippen molar-refractivity contribution in [2.24, 2.45) is 0 Å². The zero-order valence-electron chi connectivity index (χ0n) is 10.7. The van der Waals surface area contributed by atoms with E-state index in [4.69, 9.17) is 4.42 Å². The van der Waals surface area contributed by atoms with Gasteiger partial charge in [-0.2, -0.15) is 5.10 Å². The summed E-state index contributed by atoms with van der Waals surface area (Å²) in [5, 5.41) is 17.4. The molecular weight excluding hydrogens is 280 g/mol. The van der Waals surface area contributed by atoms with Crippen molar-refractivity contribution in [1.29, 1.82) is 0 Å². The molecule has 0 spiro atoms. The van der Waals surface area contributed by atoms with E-state index in [1.54, 1.807) is 10.1 Å². The number of hydrogen-bond donors (Lipinski definition) is 0. The molecule has 3 rings (SSSR count). The summed E-state index contributed by atoms with van der Waals surface area (Å²) in [6, 6.07) is 4.81. The molecule has 0 atom stereocenters. The van der Waals surface area contributed by atoms with E-state index >= 15 is 0 Å². The van der Waals surface area contributed by atoms with Crippen LogP contribution in [-0.4, -0.2) is 19.7 Å². The van der Waals surface area contributed by atoms with Crippen LogP contribution in [0.3, 0.4) is 0 Å². The van der Waals surface area contributed by atoms with E-state index in [0.29, 0.717) is 16.6 Å². The molecule has 3 heterocycles. The third-order valence-electron chi connectivity index (χ3n) is 2.71. The molecule has 0 amide bonds. The van der Waals surface area contributed by atoms with Crippen molar-refractivity contribution in [1.82, 2.24) is 14.8 Å². The second-order valence-electron chi connectivity index (χ2n) is 4.25. The van der Waals surface area contributed by atoms with Crippen molar-refractivity contribution in [2.75, 3.05) is 0 Å². The number of furan rings is 1.